The average Bonchev–Trinajstić information content (AvgIpc) is 2.38. The third-order valence-electron chi connectivity index (χ3n) is 3.03. The van der Waals surface area contributed by atoms with Gasteiger partial charge < -0.3 is 14.9 Å². The molecule has 1 aliphatic heterocycles. The lowest BCUT2D eigenvalue weighted by Gasteiger charge is -2.35. The Morgan fingerprint density at radius 2 is 2.05 bits per heavy atom. The molecule has 0 aromatic heterocycles. The molecule has 1 N–H and O–H groups in total. The number of aliphatic hydroxyl groups is 1. The maximum atomic E-state index is 12.1. The highest BCUT2D eigenvalue weighted by Crippen LogP contribution is 2.26. The summed E-state index contributed by atoms with van der Waals surface area (Å²) in [7, 11) is 0. The van der Waals surface area contributed by atoms with Crippen molar-refractivity contribution >= 4 is 29.1 Å². The molecular weight excluding hydrogens is 268 g/mol. The van der Waals surface area contributed by atoms with E-state index in [-0.39, 0.29) is 12.5 Å². The van der Waals surface area contributed by atoms with Crippen LogP contribution in [0.3, 0.4) is 0 Å². The van der Waals surface area contributed by atoms with E-state index >= 15 is 0 Å². The summed E-state index contributed by atoms with van der Waals surface area (Å²) in [5.74, 6) is -0.625. The number of rotatable bonds is 2. The number of carbonyl (C=O) groups is 2. The maximum Gasteiger partial charge on any atom is 0.251 e. The van der Waals surface area contributed by atoms with Crippen LogP contribution in [-0.2, 0) is 9.59 Å². The van der Waals surface area contributed by atoms with Gasteiger partial charge in [-0.2, -0.15) is 0 Å². The summed E-state index contributed by atoms with van der Waals surface area (Å²) in [6.45, 7) is 2.13. The van der Waals surface area contributed by atoms with Gasteiger partial charge in [0.2, 0.25) is 5.91 Å². The predicted molar refractivity (Wildman–Crippen MR) is 72.1 cm³/mol. The third kappa shape index (κ3) is 2.88. The zero-order valence-electron chi connectivity index (χ0n) is 10.5. The van der Waals surface area contributed by atoms with Gasteiger partial charge in [-0.25, -0.2) is 0 Å². The summed E-state index contributed by atoms with van der Waals surface area (Å²) in [4.78, 5) is 26.6. The Balaban J connectivity index is 2.12. The van der Waals surface area contributed by atoms with Gasteiger partial charge in [0.15, 0.2) is 0 Å². The molecule has 0 spiro atoms. The van der Waals surface area contributed by atoms with Crippen LogP contribution in [0, 0.1) is 0 Å². The monoisotopic (exact) mass is 282 g/mol. The van der Waals surface area contributed by atoms with Crippen molar-refractivity contribution in [3.05, 3.63) is 29.3 Å². The van der Waals surface area contributed by atoms with Crippen LogP contribution in [-0.4, -0.2) is 47.6 Å². The molecule has 2 amide bonds. The molecule has 2 rings (SSSR count). The zero-order chi connectivity index (χ0) is 14.0. The number of hydrogen-bond acceptors (Lipinski definition) is 3. The van der Waals surface area contributed by atoms with Crippen molar-refractivity contribution < 1.29 is 14.7 Å². The van der Waals surface area contributed by atoms with Gasteiger partial charge in [0.1, 0.15) is 12.6 Å². The van der Waals surface area contributed by atoms with Crippen LogP contribution in [0.15, 0.2) is 24.3 Å². The van der Waals surface area contributed by atoms with Crippen molar-refractivity contribution in [1.29, 1.82) is 0 Å². The normalized spacial score (nSPS) is 17.5. The fourth-order valence-electron chi connectivity index (χ4n) is 2.05. The van der Waals surface area contributed by atoms with Crippen molar-refractivity contribution in [2.45, 2.75) is 13.0 Å². The first-order valence-corrected chi connectivity index (χ1v) is 6.40. The largest absolute Gasteiger partial charge is 0.384 e. The van der Waals surface area contributed by atoms with Crippen LogP contribution in [0.2, 0.25) is 5.02 Å². The Morgan fingerprint density at radius 1 is 1.37 bits per heavy atom. The zero-order valence-corrected chi connectivity index (χ0v) is 11.3. The van der Waals surface area contributed by atoms with E-state index in [1.54, 1.807) is 23.1 Å². The van der Waals surface area contributed by atoms with Crippen LogP contribution in [0.25, 0.3) is 0 Å². The number of aliphatic hydroxyl groups excluding tert-OH is 1. The van der Waals surface area contributed by atoms with E-state index < -0.39 is 12.0 Å². The summed E-state index contributed by atoms with van der Waals surface area (Å²) >= 11 is 6.06. The van der Waals surface area contributed by atoms with Crippen LogP contribution in [0.5, 0.6) is 0 Å². The fourth-order valence-corrected chi connectivity index (χ4v) is 2.29. The number of carbonyl (C=O) groups excluding carboxylic acids is 2. The number of benzene rings is 1. The van der Waals surface area contributed by atoms with Crippen LogP contribution < -0.4 is 4.90 Å². The van der Waals surface area contributed by atoms with E-state index in [4.69, 9.17) is 11.6 Å². The predicted octanol–water partition coefficient (Wildman–Crippen LogP) is 0.896. The molecule has 5 nitrogen and oxygen atoms in total. The summed E-state index contributed by atoms with van der Waals surface area (Å²) in [6, 6.07) is 7.09. The molecule has 1 aromatic carbocycles. The number of para-hydroxylation sites is 1. The first-order chi connectivity index (χ1) is 9.00. The van der Waals surface area contributed by atoms with Crippen LogP contribution in [0.1, 0.15) is 6.92 Å². The Bertz CT molecular complexity index is 504. The Morgan fingerprint density at radius 3 is 2.63 bits per heavy atom. The Hall–Kier alpha value is -1.59. The van der Waals surface area contributed by atoms with E-state index in [0.717, 1.165) is 0 Å². The van der Waals surface area contributed by atoms with Crippen molar-refractivity contribution in [2.75, 3.05) is 24.5 Å². The molecule has 102 valence electrons. The topological polar surface area (TPSA) is 60.9 Å². The number of halogens is 1. The summed E-state index contributed by atoms with van der Waals surface area (Å²) in [6.07, 6.45) is -1.08. The van der Waals surface area contributed by atoms with E-state index in [1.165, 1.54) is 11.8 Å². The van der Waals surface area contributed by atoms with Crippen molar-refractivity contribution in [3.8, 4) is 0 Å². The number of hydrogen-bond donors (Lipinski definition) is 1. The van der Waals surface area contributed by atoms with Crippen LogP contribution in [0.4, 0.5) is 5.69 Å². The van der Waals surface area contributed by atoms with Gasteiger partial charge >= 0.3 is 0 Å². The maximum absolute atomic E-state index is 12.1. The quantitative estimate of drug-likeness (QED) is 0.877. The summed E-state index contributed by atoms with van der Waals surface area (Å²) in [5.41, 5.74) is 0.651. The third-order valence-corrected chi connectivity index (χ3v) is 3.35. The van der Waals surface area contributed by atoms with Gasteiger partial charge in [0.05, 0.1) is 10.7 Å². The lowest BCUT2D eigenvalue weighted by Crippen LogP contribution is -2.54. The van der Waals surface area contributed by atoms with E-state index in [0.29, 0.717) is 23.8 Å². The van der Waals surface area contributed by atoms with E-state index in [9.17, 15) is 14.7 Å². The van der Waals surface area contributed by atoms with Gasteiger partial charge in [-0.05, 0) is 19.1 Å². The molecule has 1 aliphatic rings. The molecule has 0 aliphatic carbocycles. The molecule has 0 radical (unpaired) electrons. The molecule has 19 heavy (non-hydrogen) atoms. The molecule has 6 heteroatoms. The number of anilines is 1. The van der Waals surface area contributed by atoms with Gasteiger partial charge in [0.25, 0.3) is 5.91 Å². The van der Waals surface area contributed by atoms with E-state index in [2.05, 4.69) is 0 Å². The Kier molecular flexibility index (Phi) is 4.07. The molecule has 0 unspecified atom stereocenters. The number of piperazine rings is 1. The summed E-state index contributed by atoms with van der Waals surface area (Å²) < 4.78 is 0. The molecule has 1 heterocycles. The first kappa shape index (κ1) is 13.8. The second-order valence-electron chi connectivity index (χ2n) is 4.43. The van der Waals surface area contributed by atoms with Gasteiger partial charge in [-0.15, -0.1) is 0 Å². The average molecular weight is 283 g/mol. The number of nitrogens with zero attached hydrogens (tertiary/aromatic N) is 2. The van der Waals surface area contributed by atoms with Gasteiger partial charge in [-0.3, -0.25) is 9.59 Å². The molecule has 1 fully saturated rings. The lowest BCUT2D eigenvalue weighted by atomic mass is 10.2. The minimum atomic E-state index is -1.08. The van der Waals surface area contributed by atoms with Gasteiger partial charge in [-0.1, -0.05) is 23.7 Å². The highest BCUT2D eigenvalue weighted by atomic mass is 35.5. The van der Waals surface area contributed by atoms with Crippen molar-refractivity contribution in [3.63, 3.8) is 0 Å². The lowest BCUT2D eigenvalue weighted by molar-refractivity contribution is -0.143. The van der Waals surface area contributed by atoms with E-state index in [1.807, 2.05) is 6.07 Å². The first-order valence-electron chi connectivity index (χ1n) is 6.02. The standard InChI is InChI=1S/C13H15ClN2O3/c1-9(17)13(19)15-6-7-16(12(18)8-15)11-5-3-2-4-10(11)14/h2-5,9,17H,6-8H2,1H3/t9-/m1/s1. The molecule has 1 aromatic rings. The highest BCUT2D eigenvalue weighted by Gasteiger charge is 2.30. The number of amides is 2. The van der Waals surface area contributed by atoms with Gasteiger partial charge in [0, 0.05) is 13.1 Å². The molecule has 1 atom stereocenters. The molecule has 0 bridgehead atoms. The van der Waals surface area contributed by atoms with Crippen molar-refractivity contribution in [1.82, 2.24) is 4.90 Å². The SMILES string of the molecule is C[C@@H](O)C(=O)N1CCN(c2ccccc2Cl)C(=O)C1. The summed E-state index contributed by atoms with van der Waals surface area (Å²) in [5, 5.41) is 9.75. The van der Waals surface area contributed by atoms with Crippen LogP contribution >= 0.6 is 11.6 Å². The molecule has 0 saturated carbocycles. The second-order valence-corrected chi connectivity index (χ2v) is 4.84. The second kappa shape index (κ2) is 5.59. The fraction of sp³-hybridized carbons (Fsp3) is 0.385. The minimum Gasteiger partial charge on any atom is -0.384 e. The smallest absolute Gasteiger partial charge is 0.251 e. The minimum absolute atomic E-state index is 0.0328. The molecule has 1 saturated heterocycles. The highest BCUT2D eigenvalue weighted by molar-refractivity contribution is 6.33. The Labute approximate surface area is 116 Å². The van der Waals surface area contributed by atoms with Crippen molar-refractivity contribution in [2.24, 2.45) is 0 Å². The molecular formula is C13H15ClN2O3.